The first-order valence-electron chi connectivity index (χ1n) is 7.76. The first-order valence-corrected chi connectivity index (χ1v) is 8.14. The van der Waals surface area contributed by atoms with Crippen LogP contribution in [0.25, 0.3) is 0 Å². The van der Waals surface area contributed by atoms with E-state index in [1.165, 1.54) is 0 Å². The van der Waals surface area contributed by atoms with Gasteiger partial charge in [-0.15, -0.1) is 0 Å². The smallest absolute Gasteiger partial charge is 0.240 e. The van der Waals surface area contributed by atoms with Crippen LogP contribution in [0, 0.1) is 12.3 Å². The highest BCUT2D eigenvalue weighted by molar-refractivity contribution is 6.31. The summed E-state index contributed by atoms with van der Waals surface area (Å²) in [6.45, 7) is 2.24. The lowest BCUT2D eigenvalue weighted by Crippen LogP contribution is -2.39. The van der Waals surface area contributed by atoms with Gasteiger partial charge >= 0.3 is 0 Å². The summed E-state index contributed by atoms with van der Waals surface area (Å²) in [5.41, 5.74) is 1.46. The Morgan fingerprint density at radius 2 is 2.04 bits per heavy atom. The number of amides is 2. The van der Waals surface area contributed by atoms with Crippen molar-refractivity contribution < 1.29 is 9.59 Å². The number of hydrogen-bond donors (Lipinski definition) is 2. The number of carbonyl (C=O) groups is 2. The van der Waals surface area contributed by atoms with Crippen molar-refractivity contribution in [1.29, 1.82) is 0 Å². The van der Waals surface area contributed by atoms with E-state index < -0.39 is 5.41 Å². The minimum Gasteiger partial charge on any atom is -0.351 e. The summed E-state index contributed by atoms with van der Waals surface area (Å²) in [5.74, 6) is -0.528. The Morgan fingerprint density at radius 3 is 2.71 bits per heavy atom. The molecule has 0 unspecified atom stereocenters. The molecule has 0 atom stereocenters. The van der Waals surface area contributed by atoms with Crippen LogP contribution in [0.4, 0.5) is 5.69 Å². The molecule has 1 aliphatic carbocycles. The minimum absolute atomic E-state index is 0.247. The first kappa shape index (κ1) is 16.5. The number of aromatic nitrogens is 1. The van der Waals surface area contributed by atoms with Crippen molar-refractivity contribution in [2.75, 3.05) is 5.32 Å². The van der Waals surface area contributed by atoms with Gasteiger partial charge in [0.2, 0.25) is 11.8 Å². The summed E-state index contributed by atoms with van der Waals surface area (Å²) in [6.07, 6.45) is 4.47. The van der Waals surface area contributed by atoms with E-state index in [1.807, 2.05) is 25.1 Å². The average molecular weight is 344 g/mol. The molecule has 3 rings (SSSR count). The maximum Gasteiger partial charge on any atom is 0.240 e. The maximum absolute atomic E-state index is 12.6. The fourth-order valence-corrected chi connectivity index (χ4v) is 2.68. The lowest BCUT2D eigenvalue weighted by Gasteiger charge is -2.16. The average Bonchev–Trinajstić information content (AvgIpc) is 3.39. The first-order chi connectivity index (χ1) is 11.5. The molecule has 0 aliphatic heterocycles. The number of carbonyl (C=O) groups excluding carboxylic acids is 2. The summed E-state index contributed by atoms with van der Waals surface area (Å²) < 4.78 is 0. The van der Waals surface area contributed by atoms with Gasteiger partial charge in [-0.25, -0.2) is 0 Å². The molecular weight excluding hydrogens is 326 g/mol. The van der Waals surface area contributed by atoms with Crippen molar-refractivity contribution in [1.82, 2.24) is 10.3 Å². The Morgan fingerprint density at radius 1 is 1.25 bits per heavy atom. The zero-order valence-corrected chi connectivity index (χ0v) is 14.1. The van der Waals surface area contributed by atoms with Gasteiger partial charge in [-0.05, 0) is 49.1 Å². The molecule has 0 bridgehead atoms. The fourth-order valence-electron chi connectivity index (χ4n) is 2.51. The highest BCUT2D eigenvalue weighted by Gasteiger charge is 2.56. The molecule has 0 spiro atoms. The van der Waals surface area contributed by atoms with Gasteiger partial charge < -0.3 is 10.6 Å². The van der Waals surface area contributed by atoms with Crippen LogP contribution in [-0.4, -0.2) is 16.8 Å². The van der Waals surface area contributed by atoms with Crippen LogP contribution in [0.1, 0.15) is 24.0 Å². The van der Waals surface area contributed by atoms with Gasteiger partial charge in [0.05, 0.1) is 0 Å². The Labute approximate surface area is 145 Å². The van der Waals surface area contributed by atoms with Crippen LogP contribution in [0.5, 0.6) is 0 Å². The molecule has 1 aromatic heterocycles. The number of aryl methyl sites for hydroxylation is 1. The van der Waals surface area contributed by atoms with E-state index in [9.17, 15) is 9.59 Å². The predicted octanol–water partition coefficient (Wildman–Crippen LogP) is 3.08. The number of nitrogens with one attached hydrogen (secondary N) is 2. The van der Waals surface area contributed by atoms with E-state index in [1.54, 1.807) is 24.5 Å². The highest BCUT2D eigenvalue weighted by atomic mass is 35.5. The van der Waals surface area contributed by atoms with Crippen molar-refractivity contribution >= 4 is 29.1 Å². The van der Waals surface area contributed by atoms with Crippen LogP contribution < -0.4 is 10.6 Å². The third kappa shape index (κ3) is 3.41. The molecule has 1 saturated carbocycles. The molecule has 1 fully saturated rings. The molecule has 6 heteroatoms. The van der Waals surface area contributed by atoms with Gasteiger partial charge in [-0.3, -0.25) is 14.6 Å². The molecule has 2 amide bonds. The predicted molar refractivity (Wildman–Crippen MR) is 92.6 cm³/mol. The molecule has 0 saturated heterocycles. The standard InChI is InChI=1S/C18H18ClN3O2/c1-12-4-5-14(19)9-15(12)22-17(24)18(6-7-18)16(23)21-11-13-3-2-8-20-10-13/h2-5,8-10H,6-7,11H2,1H3,(H,21,23)(H,22,24). The summed E-state index contributed by atoms with van der Waals surface area (Å²) in [6, 6.07) is 8.98. The molecule has 1 heterocycles. The number of hydrogen-bond acceptors (Lipinski definition) is 3. The fraction of sp³-hybridized carbons (Fsp3) is 0.278. The lowest BCUT2D eigenvalue weighted by atomic mass is 10.0. The van der Waals surface area contributed by atoms with Crippen LogP contribution in [0.2, 0.25) is 5.02 Å². The van der Waals surface area contributed by atoms with Gasteiger partial charge in [0, 0.05) is 29.6 Å². The van der Waals surface area contributed by atoms with Crippen molar-refractivity contribution in [3.8, 4) is 0 Å². The van der Waals surface area contributed by atoms with E-state index in [-0.39, 0.29) is 11.8 Å². The van der Waals surface area contributed by atoms with Gasteiger partial charge in [-0.2, -0.15) is 0 Å². The van der Waals surface area contributed by atoms with Crippen LogP contribution in [0.3, 0.4) is 0 Å². The topological polar surface area (TPSA) is 71.1 Å². The van der Waals surface area contributed by atoms with Gasteiger partial charge in [-0.1, -0.05) is 23.7 Å². The summed E-state index contributed by atoms with van der Waals surface area (Å²) >= 11 is 5.97. The van der Waals surface area contributed by atoms with Gasteiger partial charge in [0.25, 0.3) is 0 Å². The number of nitrogens with zero attached hydrogens (tertiary/aromatic N) is 1. The molecular formula is C18H18ClN3O2. The summed E-state index contributed by atoms with van der Waals surface area (Å²) in [7, 11) is 0. The molecule has 2 aromatic rings. The zero-order valence-electron chi connectivity index (χ0n) is 13.3. The highest BCUT2D eigenvalue weighted by Crippen LogP contribution is 2.47. The number of anilines is 1. The summed E-state index contributed by atoms with van der Waals surface area (Å²) in [5, 5.41) is 6.21. The van der Waals surface area contributed by atoms with Crippen molar-refractivity contribution in [3.05, 3.63) is 58.9 Å². The number of benzene rings is 1. The van der Waals surface area contributed by atoms with Crippen LogP contribution in [0.15, 0.2) is 42.7 Å². The SMILES string of the molecule is Cc1ccc(Cl)cc1NC(=O)C1(C(=O)NCc2cccnc2)CC1. The van der Waals surface area contributed by atoms with Crippen molar-refractivity contribution in [2.24, 2.45) is 5.41 Å². The molecule has 0 radical (unpaired) electrons. The summed E-state index contributed by atoms with van der Waals surface area (Å²) in [4.78, 5) is 29.1. The van der Waals surface area contributed by atoms with Crippen molar-refractivity contribution in [2.45, 2.75) is 26.3 Å². The second kappa shape index (κ2) is 6.61. The molecule has 24 heavy (non-hydrogen) atoms. The third-order valence-corrected chi connectivity index (χ3v) is 4.48. The molecule has 1 aromatic carbocycles. The maximum atomic E-state index is 12.6. The minimum atomic E-state index is -0.975. The number of rotatable bonds is 5. The lowest BCUT2D eigenvalue weighted by molar-refractivity contribution is -0.134. The van der Waals surface area contributed by atoms with E-state index >= 15 is 0 Å². The van der Waals surface area contributed by atoms with E-state index in [0.717, 1.165) is 11.1 Å². The number of halogens is 1. The third-order valence-electron chi connectivity index (χ3n) is 4.24. The Bertz CT molecular complexity index is 773. The van der Waals surface area contributed by atoms with E-state index in [4.69, 9.17) is 11.6 Å². The Hall–Kier alpha value is -2.40. The Balaban J connectivity index is 1.65. The second-order valence-corrected chi connectivity index (χ2v) is 6.48. The van der Waals surface area contributed by atoms with E-state index in [0.29, 0.717) is 30.1 Å². The molecule has 2 N–H and O–H groups in total. The monoisotopic (exact) mass is 343 g/mol. The molecule has 124 valence electrons. The van der Waals surface area contributed by atoms with Gasteiger partial charge in [0.1, 0.15) is 5.41 Å². The van der Waals surface area contributed by atoms with Crippen LogP contribution in [-0.2, 0) is 16.1 Å². The Kier molecular flexibility index (Phi) is 4.53. The molecule has 1 aliphatic rings. The largest absolute Gasteiger partial charge is 0.351 e. The van der Waals surface area contributed by atoms with Crippen LogP contribution >= 0.6 is 11.6 Å². The van der Waals surface area contributed by atoms with Crippen molar-refractivity contribution in [3.63, 3.8) is 0 Å². The normalized spacial score (nSPS) is 14.8. The number of pyridine rings is 1. The quantitative estimate of drug-likeness (QED) is 0.819. The van der Waals surface area contributed by atoms with Gasteiger partial charge in [0.15, 0.2) is 0 Å². The second-order valence-electron chi connectivity index (χ2n) is 6.04. The molecule has 5 nitrogen and oxygen atoms in total. The zero-order chi connectivity index (χ0) is 17.2. The van der Waals surface area contributed by atoms with E-state index in [2.05, 4.69) is 15.6 Å².